The molecule has 12 heavy (non-hydrogen) atoms. The molecule has 5 nitrogen and oxygen atoms in total. The monoisotopic (exact) mass is 162 g/mol. The number of amidine groups is 1. The zero-order valence-corrected chi connectivity index (χ0v) is 6.10. The van der Waals surface area contributed by atoms with Gasteiger partial charge in [0.25, 0.3) is 0 Å². The molecule has 5 heteroatoms. The summed E-state index contributed by atoms with van der Waals surface area (Å²) in [6, 6.07) is 4.83. The summed E-state index contributed by atoms with van der Waals surface area (Å²) in [5, 5.41) is 19.6. The third kappa shape index (κ3) is 1.49. The van der Waals surface area contributed by atoms with Gasteiger partial charge in [-0.2, -0.15) is 5.26 Å². The summed E-state index contributed by atoms with van der Waals surface area (Å²) >= 11 is 0. The number of nitrogens with two attached hydrogens (primary N) is 1. The maximum atomic E-state index is 8.46. The molecular weight excluding hydrogens is 156 g/mol. The summed E-state index contributed by atoms with van der Waals surface area (Å²) in [5.74, 6) is -0.0334. The second-order valence-electron chi connectivity index (χ2n) is 2.03. The summed E-state index contributed by atoms with van der Waals surface area (Å²) in [4.78, 5) is 3.72. The number of hydrogen-bond acceptors (Lipinski definition) is 4. The molecule has 0 aliphatic carbocycles. The van der Waals surface area contributed by atoms with Crippen LogP contribution >= 0.6 is 0 Å². The molecule has 1 heterocycles. The lowest BCUT2D eigenvalue weighted by molar-refractivity contribution is 0.318. The van der Waals surface area contributed by atoms with Crippen molar-refractivity contribution >= 4 is 5.84 Å². The van der Waals surface area contributed by atoms with Gasteiger partial charge in [-0.15, -0.1) is 0 Å². The van der Waals surface area contributed by atoms with Crippen molar-refractivity contribution in [3.8, 4) is 6.07 Å². The predicted octanol–water partition coefficient (Wildman–Crippen LogP) is 0.0478. The Morgan fingerprint density at radius 1 is 1.75 bits per heavy atom. The highest BCUT2D eigenvalue weighted by molar-refractivity contribution is 5.97. The van der Waals surface area contributed by atoms with Crippen molar-refractivity contribution in [2.45, 2.75) is 0 Å². The Hall–Kier alpha value is -2.09. The van der Waals surface area contributed by atoms with Crippen LogP contribution in [0.5, 0.6) is 0 Å². The van der Waals surface area contributed by atoms with Gasteiger partial charge in [0.2, 0.25) is 0 Å². The molecule has 0 radical (unpaired) electrons. The van der Waals surface area contributed by atoms with E-state index in [1.807, 2.05) is 6.07 Å². The van der Waals surface area contributed by atoms with Crippen LogP contribution in [-0.2, 0) is 0 Å². The van der Waals surface area contributed by atoms with Crippen LogP contribution in [0.3, 0.4) is 0 Å². The van der Waals surface area contributed by atoms with Crippen LogP contribution in [0.1, 0.15) is 11.3 Å². The minimum atomic E-state index is -0.0334. The molecule has 0 saturated carbocycles. The lowest BCUT2D eigenvalue weighted by Crippen LogP contribution is -2.13. The maximum Gasteiger partial charge on any atom is 0.170 e. The van der Waals surface area contributed by atoms with Crippen LogP contribution in [0.2, 0.25) is 0 Å². The first-order valence-corrected chi connectivity index (χ1v) is 3.12. The smallest absolute Gasteiger partial charge is 0.170 e. The van der Waals surface area contributed by atoms with E-state index in [1.54, 1.807) is 6.07 Å². The van der Waals surface area contributed by atoms with Gasteiger partial charge in [0, 0.05) is 11.8 Å². The van der Waals surface area contributed by atoms with Crippen LogP contribution in [0, 0.1) is 11.3 Å². The summed E-state index contributed by atoms with van der Waals surface area (Å²) in [7, 11) is 0. The third-order valence-electron chi connectivity index (χ3n) is 1.28. The normalized spacial score (nSPS) is 10.8. The fourth-order valence-corrected chi connectivity index (χ4v) is 0.709. The molecule has 1 aromatic rings. The zero-order valence-electron chi connectivity index (χ0n) is 6.10. The summed E-state index contributed by atoms with van der Waals surface area (Å²) in [6.07, 6.45) is 1.42. The van der Waals surface area contributed by atoms with Crippen LogP contribution in [0.25, 0.3) is 0 Å². The summed E-state index contributed by atoms with van der Waals surface area (Å²) in [6.45, 7) is 0. The number of oxime groups is 1. The Kier molecular flexibility index (Phi) is 2.23. The number of hydrogen-bond donors (Lipinski definition) is 2. The molecule has 1 aromatic heterocycles. The van der Waals surface area contributed by atoms with Crippen molar-refractivity contribution in [1.29, 1.82) is 5.26 Å². The highest BCUT2D eigenvalue weighted by Gasteiger charge is 1.99. The molecule has 0 aromatic carbocycles. The number of aromatic nitrogens is 1. The Morgan fingerprint density at radius 3 is 3.08 bits per heavy atom. The second kappa shape index (κ2) is 3.34. The number of nitrogens with zero attached hydrogens (tertiary/aromatic N) is 3. The van der Waals surface area contributed by atoms with E-state index in [4.69, 9.17) is 16.2 Å². The largest absolute Gasteiger partial charge is 0.409 e. The molecule has 1 rings (SSSR count). The molecule has 3 N–H and O–H groups in total. The summed E-state index contributed by atoms with van der Waals surface area (Å²) < 4.78 is 0. The molecule has 0 fully saturated rings. The van der Waals surface area contributed by atoms with Crippen molar-refractivity contribution < 1.29 is 5.21 Å². The molecule has 0 bridgehead atoms. The lowest BCUT2D eigenvalue weighted by Gasteiger charge is -1.96. The van der Waals surface area contributed by atoms with Crippen molar-refractivity contribution in [3.05, 3.63) is 29.6 Å². The molecule has 0 aliphatic heterocycles. The molecule has 0 aliphatic rings. The Labute approximate surface area is 68.8 Å². The van der Waals surface area contributed by atoms with E-state index >= 15 is 0 Å². The van der Waals surface area contributed by atoms with E-state index in [0.717, 1.165) is 0 Å². The minimum Gasteiger partial charge on any atom is -0.409 e. The molecule has 0 saturated heterocycles. The van der Waals surface area contributed by atoms with Crippen molar-refractivity contribution in [2.24, 2.45) is 10.9 Å². The van der Waals surface area contributed by atoms with Gasteiger partial charge in [0.05, 0.1) is 0 Å². The first-order chi connectivity index (χ1) is 5.77. The molecule has 0 spiro atoms. The lowest BCUT2D eigenvalue weighted by atomic mass is 10.2. The van der Waals surface area contributed by atoms with Gasteiger partial charge in [-0.3, -0.25) is 0 Å². The fraction of sp³-hybridized carbons (Fsp3) is 0. The average Bonchev–Trinajstić information content (AvgIpc) is 2.17. The van der Waals surface area contributed by atoms with Gasteiger partial charge >= 0.3 is 0 Å². The number of rotatable bonds is 1. The van der Waals surface area contributed by atoms with E-state index in [2.05, 4.69) is 10.1 Å². The van der Waals surface area contributed by atoms with Crippen LogP contribution in [0.4, 0.5) is 0 Å². The minimum absolute atomic E-state index is 0.0334. The Morgan fingerprint density at radius 2 is 2.50 bits per heavy atom. The van der Waals surface area contributed by atoms with Gasteiger partial charge < -0.3 is 10.9 Å². The molecule has 60 valence electrons. The number of pyridine rings is 1. The van der Waals surface area contributed by atoms with Crippen molar-refractivity contribution in [1.82, 2.24) is 4.98 Å². The van der Waals surface area contributed by atoms with Gasteiger partial charge in [-0.25, -0.2) is 4.98 Å². The van der Waals surface area contributed by atoms with Gasteiger partial charge in [-0.1, -0.05) is 5.16 Å². The third-order valence-corrected chi connectivity index (χ3v) is 1.28. The van der Waals surface area contributed by atoms with E-state index in [-0.39, 0.29) is 11.5 Å². The standard InChI is InChI=1S/C7H6N4O/c8-4-6-3-5(1-2-10-6)7(9)11-12/h1-3,12H,(H2,9,11). The number of nitriles is 1. The quantitative estimate of drug-likeness (QED) is 0.264. The zero-order chi connectivity index (χ0) is 8.97. The molecule has 0 unspecified atom stereocenters. The topological polar surface area (TPSA) is 95.3 Å². The SMILES string of the molecule is N#Cc1cc(/C(N)=N\O)ccn1. The Bertz CT molecular complexity index is 353. The van der Waals surface area contributed by atoms with Gasteiger partial charge in [-0.05, 0) is 12.1 Å². The maximum absolute atomic E-state index is 8.46. The molecular formula is C7H6N4O. The average molecular weight is 162 g/mol. The van der Waals surface area contributed by atoms with Crippen LogP contribution < -0.4 is 5.73 Å². The molecule has 0 amide bonds. The second-order valence-corrected chi connectivity index (χ2v) is 2.03. The first kappa shape index (κ1) is 8.01. The van der Waals surface area contributed by atoms with E-state index in [1.165, 1.54) is 12.3 Å². The van der Waals surface area contributed by atoms with Crippen molar-refractivity contribution in [3.63, 3.8) is 0 Å². The molecule has 0 atom stereocenters. The summed E-state index contributed by atoms with van der Waals surface area (Å²) in [5.41, 5.74) is 5.99. The van der Waals surface area contributed by atoms with Crippen LogP contribution in [-0.4, -0.2) is 16.0 Å². The van der Waals surface area contributed by atoms with E-state index < -0.39 is 0 Å². The van der Waals surface area contributed by atoms with Gasteiger partial charge in [0.1, 0.15) is 11.8 Å². The first-order valence-electron chi connectivity index (χ1n) is 3.12. The Balaban J connectivity index is 3.12. The van der Waals surface area contributed by atoms with Gasteiger partial charge in [0.15, 0.2) is 5.84 Å². The predicted molar refractivity (Wildman–Crippen MR) is 41.5 cm³/mol. The van der Waals surface area contributed by atoms with E-state index in [0.29, 0.717) is 5.56 Å². The highest BCUT2D eigenvalue weighted by Crippen LogP contribution is 1.99. The van der Waals surface area contributed by atoms with E-state index in [9.17, 15) is 0 Å². The van der Waals surface area contributed by atoms with Crippen molar-refractivity contribution in [2.75, 3.05) is 0 Å². The highest BCUT2D eigenvalue weighted by atomic mass is 16.4. The van der Waals surface area contributed by atoms with Crippen LogP contribution in [0.15, 0.2) is 23.5 Å². The fourth-order valence-electron chi connectivity index (χ4n) is 0.709.